The van der Waals surface area contributed by atoms with Crippen molar-refractivity contribution in [2.24, 2.45) is 5.73 Å². The van der Waals surface area contributed by atoms with E-state index in [1.807, 2.05) is 0 Å². The van der Waals surface area contributed by atoms with Gasteiger partial charge in [0.2, 0.25) is 0 Å². The first-order valence-electron chi connectivity index (χ1n) is 5.76. The molecule has 0 bridgehead atoms. The third-order valence-corrected chi connectivity index (χ3v) is 3.33. The fraction of sp³-hybridized carbons (Fsp3) is 0.909. The van der Waals surface area contributed by atoms with Crippen LogP contribution >= 0.6 is 12.2 Å². The Morgan fingerprint density at radius 1 is 1.47 bits per heavy atom. The molecule has 0 spiro atoms. The zero-order valence-corrected chi connectivity index (χ0v) is 10.7. The van der Waals surface area contributed by atoms with E-state index in [4.69, 9.17) is 18.0 Å². The third-order valence-electron chi connectivity index (χ3n) is 3.13. The van der Waals surface area contributed by atoms with Crippen LogP contribution < -0.4 is 5.73 Å². The van der Waals surface area contributed by atoms with Crippen molar-refractivity contribution in [1.29, 1.82) is 0 Å². The average molecular weight is 229 g/mol. The lowest BCUT2D eigenvalue weighted by Crippen LogP contribution is -2.31. The maximum atomic E-state index is 5.46. The molecule has 0 radical (unpaired) electrons. The van der Waals surface area contributed by atoms with Gasteiger partial charge in [-0.3, -0.25) is 0 Å². The highest BCUT2D eigenvalue weighted by atomic mass is 32.1. The van der Waals surface area contributed by atoms with Crippen LogP contribution in [0.2, 0.25) is 0 Å². The van der Waals surface area contributed by atoms with Gasteiger partial charge in [-0.1, -0.05) is 12.2 Å². The summed E-state index contributed by atoms with van der Waals surface area (Å²) >= 11 is 4.85. The summed E-state index contributed by atoms with van der Waals surface area (Å²) < 4.78 is 0. The molecule has 1 aliphatic rings. The number of nitrogens with two attached hydrogens (primary N) is 1. The van der Waals surface area contributed by atoms with Gasteiger partial charge in [-0.25, -0.2) is 0 Å². The smallest absolute Gasteiger partial charge is 0.0727 e. The summed E-state index contributed by atoms with van der Waals surface area (Å²) in [5.74, 6) is 0. The Hall–Kier alpha value is -0.190. The lowest BCUT2D eigenvalue weighted by molar-refractivity contribution is 0.266. The highest BCUT2D eigenvalue weighted by molar-refractivity contribution is 7.80. The zero-order valence-electron chi connectivity index (χ0n) is 9.91. The van der Waals surface area contributed by atoms with E-state index in [9.17, 15) is 0 Å². The van der Waals surface area contributed by atoms with Gasteiger partial charge in [0.25, 0.3) is 0 Å². The van der Waals surface area contributed by atoms with Crippen LogP contribution in [0.5, 0.6) is 0 Å². The van der Waals surface area contributed by atoms with E-state index < -0.39 is 0 Å². The van der Waals surface area contributed by atoms with Crippen molar-refractivity contribution in [3.63, 3.8) is 0 Å². The number of nitrogens with zero attached hydrogens (tertiary/aromatic N) is 2. The molecule has 0 aromatic rings. The van der Waals surface area contributed by atoms with E-state index in [-0.39, 0.29) is 0 Å². The van der Waals surface area contributed by atoms with E-state index in [1.54, 1.807) is 0 Å². The van der Waals surface area contributed by atoms with Gasteiger partial charge in [0, 0.05) is 12.6 Å². The first-order valence-corrected chi connectivity index (χ1v) is 6.17. The molecule has 4 heteroatoms. The van der Waals surface area contributed by atoms with Crippen LogP contribution in [0.1, 0.15) is 25.7 Å². The molecule has 1 unspecified atom stereocenters. The summed E-state index contributed by atoms with van der Waals surface area (Å²) in [6, 6.07) is 0.751. The van der Waals surface area contributed by atoms with Crippen LogP contribution in [0.15, 0.2) is 0 Å². The van der Waals surface area contributed by atoms with Crippen molar-refractivity contribution in [1.82, 2.24) is 9.80 Å². The van der Waals surface area contributed by atoms with E-state index in [2.05, 4.69) is 23.9 Å². The highest BCUT2D eigenvalue weighted by Gasteiger charge is 2.22. The summed E-state index contributed by atoms with van der Waals surface area (Å²) in [6.45, 7) is 3.67. The second kappa shape index (κ2) is 6.40. The summed E-state index contributed by atoms with van der Waals surface area (Å²) in [7, 11) is 4.34. The van der Waals surface area contributed by atoms with Crippen LogP contribution in [0.3, 0.4) is 0 Å². The number of thiocarbonyl (C=S) groups is 1. The fourth-order valence-electron chi connectivity index (χ4n) is 2.07. The van der Waals surface area contributed by atoms with E-state index >= 15 is 0 Å². The number of unbranched alkanes of at least 4 members (excludes halogenated alkanes) is 1. The van der Waals surface area contributed by atoms with Crippen LogP contribution in [0.4, 0.5) is 0 Å². The molecule has 1 atom stereocenters. The molecule has 0 aliphatic carbocycles. The van der Waals surface area contributed by atoms with Crippen molar-refractivity contribution < 1.29 is 0 Å². The van der Waals surface area contributed by atoms with Crippen LogP contribution in [0, 0.1) is 0 Å². The molecule has 3 nitrogen and oxygen atoms in total. The van der Waals surface area contributed by atoms with Gasteiger partial charge in [0.15, 0.2) is 0 Å². The molecule has 0 aromatic carbocycles. The van der Waals surface area contributed by atoms with Gasteiger partial charge >= 0.3 is 0 Å². The van der Waals surface area contributed by atoms with Crippen molar-refractivity contribution in [2.45, 2.75) is 31.7 Å². The minimum Gasteiger partial charge on any atom is -0.393 e. The number of likely N-dealkylation sites (tertiary alicyclic amines) is 1. The average Bonchev–Trinajstić information content (AvgIpc) is 2.60. The molecule has 1 aliphatic heterocycles. The molecule has 1 rings (SSSR count). The minimum atomic E-state index is 0.655. The Kier molecular flexibility index (Phi) is 5.50. The molecular weight excluding hydrogens is 206 g/mol. The standard InChI is InChI=1S/C11H23N3S/c1-13(2)10-6-8-14(9-10)7-4-3-5-11(12)15/h10H,3-9H2,1-2H3,(H2,12,15). The molecule has 0 aromatic heterocycles. The first-order chi connectivity index (χ1) is 7.09. The SMILES string of the molecule is CN(C)C1CCN(CCCCC(N)=S)C1. The summed E-state index contributed by atoms with van der Waals surface area (Å²) in [5, 5.41) is 0. The molecule has 1 heterocycles. The van der Waals surface area contributed by atoms with Gasteiger partial charge in [0.05, 0.1) is 4.99 Å². The second-order valence-electron chi connectivity index (χ2n) is 4.63. The number of rotatable bonds is 6. The van der Waals surface area contributed by atoms with Gasteiger partial charge in [0.1, 0.15) is 0 Å². The summed E-state index contributed by atoms with van der Waals surface area (Å²) in [4.78, 5) is 5.53. The van der Waals surface area contributed by atoms with Gasteiger partial charge in [-0.15, -0.1) is 0 Å². The Morgan fingerprint density at radius 3 is 2.73 bits per heavy atom. The molecule has 2 N–H and O–H groups in total. The predicted octanol–water partition coefficient (Wildman–Crippen LogP) is 1.08. The molecule has 0 amide bonds. The maximum absolute atomic E-state index is 5.46. The van der Waals surface area contributed by atoms with E-state index in [1.165, 1.54) is 32.5 Å². The molecule has 1 saturated heterocycles. The lowest BCUT2D eigenvalue weighted by Gasteiger charge is -2.20. The van der Waals surface area contributed by atoms with Crippen molar-refractivity contribution in [2.75, 3.05) is 33.7 Å². The largest absolute Gasteiger partial charge is 0.393 e. The van der Waals surface area contributed by atoms with Crippen LogP contribution in [0.25, 0.3) is 0 Å². The summed E-state index contributed by atoms with van der Waals surface area (Å²) in [5.41, 5.74) is 5.46. The number of hydrogen-bond acceptors (Lipinski definition) is 3. The molecule has 1 fully saturated rings. The first kappa shape index (κ1) is 12.9. The molecule has 15 heavy (non-hydrogen) atoms. The monoisotopic (exact) mass is 229 g/mol. The molecule has 0 saturated carbocycles. The number of hydrogen-bond donors (Lipinski definition) is 1. The third kappa shape index (κ3) is 4.91. The van der Waals surface area contributed by atoms with E-state index in [0.717, 1.165) is 18.9 Å². The molecule has 88 valence electrons. The van der Waals surface area contributed by atoms with E-state index in [0.29, 0.717) is 4.99 Å². The summed E-state index contributed by atoms with van der Waals surface area (Å²) in [6.07, 6.45) is 4.57. The van der Waals surface area contributed by atoms with Gasteiger partial charge in [-0.05, 0) is 52.9 Å². The normalized spacial score (nSPS) is 22.5. The van der Waals surface area contributed by atoms with Gasteiger partial charge in [-0.2, -0.15) is 0 Å². The Bertz CT molecular complexity index is 206. The van der Waals surface area contributed by atoms with Crippen molar-refractivity contribution >= 4 is 17.2 Å². The van der Waals surface area contributed by atoms with Crippen LogP contribution in [-0.2, 0) is 0 Å². The Morgan fingerprint density at radius 2 is 2.20 bits per heavy atom. The highest BCUT2D eigenvalue weighted by Crippen LogP contribution is 2.13. The molecular formula is C11H23N3S. The lowest BCUT2D eigenvalue weighted by atomic mass is 10.2. The zero-order chi connectivity index (χ0) is 11.3. The van der Waals surface area contributed by atoms with Gasteiger partial charge < -0.3 is 15.5 Å². The van der Waals surface area contributed by atoms with Crippen molar-refractivity contribution in [3.05, 3.63) is 0 Å². The minimum absolute atomic E-state index is 0.655. The number of likely N-dealkylation sites (N-methyl/N-ethyl adjacent to an activating group) is 1. The maximum Gasteiger partial charge on any atom is 0.0727 e. The quantitative estimate of drug-likeness (QED) is 0.546. The predicted molar refractivity (Wildman–Crippen MR) is 69.2 cm³/mol. The van der Waals surface area contributed by atoms with Crippen molar-refractivity contribution in [3.8, 4) is 0 Å². The fourth-order valence-corrected chi connectivity index (χ4v) is 2.22. The Balaban J connectivity index is 2.06. The van der Waals surface area contributed by atoms with Crippen LogP contribution in [-0.4, -0.2) is 54.6 Å². The second-order valence-corrected chi connectivity index (χ2v) is 5.15. The Labute approximate surface area is 98.6 Å². The topological polar surface area (TPSA) is 32.5 Å².